The molecule has 0 saturated carbocycles. The summed E-state index contributed by atoms with van der Waals surface area (Å²) >= 11 is 0. The van der Waals surface area contributed by atoms with Gasteiger partial charge in [0.15, 0.2) is 0 Å². The molecular formula is C16H20N2O2. The molecule has 0 aliphatic rings. The molecule has 2 aromatic rings. The topological polar surface area (TPSA) is 53.4 Å². The van der Waals surface area contributed by atoms with Crippen molar-refractivity contribution >= 4 is 22.7 Å². The van der Waals surface area contributed by atoms with E-state index in [0.29, 0.717) is 10.9 Å². The first-order valence-corrected chi connectivity index (χ1v) is 7.05. The zero-order valence-electron chi connectivity index (χ0n) is 12.0. The number of hydrogen-bond donors (Lipinski definition) is 1. The monoisotopic (exact) mass is 272 g/mol. The molecule has 1 aromatic heterocycles. The van der Waals surface area contributed by atoms with Gasteiger partial charge in [-0.1, -0.05) is 19.9 Å². The Kier molecular flexibility index (Phi) is 4.56. The van der Waals surface area contributed by atoms with Gasteiger partial charge in [-0.3, -0.25) is 0 Å². The minimum Gasteiger partial charge on any atom is -0.478 e. The Hall–Kier alpha value is -2.10. The van der Waals surface area contributed by atoms with Gasteiger partial charge in [-0.05, 0) is 37.1 Å². The van der Waals surface area contributed by atoms with Gasteiger partial charge >= 0.3 is 5.97 Å². The summed E-state index contributed by atoms with van der Waals surface area (Å²) in [6.45, 7) is 6.22. The molecule has 106 valence electrons. The molecule has 0 radical (unpaired) electrons. The average Bonchev–Trinajstić information content (AvgIpc) is 2.45. The van der Waals surface area contributed by atoms with Gasteiger partial charge in [0.25, 0.3) is 0 Å². The number of nitrogens with zero attached hydrogens (tertiary/aromatic N) is 2. The second kappa shape index (κ2) is 6.37. The Labute approximate surface area is 119 Å². The van der Waals surface area contributed by atoms with Crippen LogP contribution in [0, 0.1) is 0 Å². The predicted molar refractivity (Wildman–Crippen MR) is 81.5 cm³/mol. The van der Waals surface area contributed by atoms with E-state index < -0.39 is 5.97 Å². The lowest BCUT2D eigenvalue weighted by atomic mass is 10.1. The van der Waals surface area contributed by atoms with Gasteiger partial charge in [0, 0.05) is 18.5 Å². The van der Waals surface area contributed by atoms with E-state index >= 15 is 0 Å². The van der Waals surface area contributed by atoms with Crippen LogP contribution in [0.5, 0.6) is 0 Å². The number of benzene rings is 1. The van der Waals surface area contributed by atoms with E-state index in [2.05, 4.69) is 23.7 Å². The van der Waals surface area contributed by atoms with E-state index in [-0.39, 0.29) is 0 Å². The molecule has 4 heteroatoms. The summed E-state index contributed by atoms with van der Waals surface area (Å²) in [7, 11) is 0. The lowest BCUT2D eigenvalue weighted by Crippen LogP contribution is -2.25. The number of aromatic carboxylic acids is 1. The molecule has 0 fully saturated rings. The van der Waals surface area contributed by atoms with E-state index in [9.17, 15) is 9.90 Å². The Bertz CT molecular complexity index is 604. The van der Waals surface area contributed by atoms with Crippen LogP contribution in [0.2, 0.25) is 0 Å². The Balaban J connectivity index is 2.45. The number of rotatable bonds is 6. The second-order valence-electron chi connectivity index (χ2n) is 4.83. The highest BCUT2D eigenvalue weighted by atomic mass is 16.4. The number of carbonyl (C=O) groups is 1. The number of carboxylic acid groups (broad SMARTS) is 1. The summed E-state index contributed by atoms with van der Waals surface area (Å²) < 4.78 is 0. The van der Waals surface area contributed by atoms with Gasteiger partial charge in [-0.25, -0.2) is 9.78 Å². The fourth-order valence-corrected chi connectivity index (χ4v) is 2.39. The quantitative estimate of drug-likeness (QED) is 0.873. The maximum absolute atomic E-state index is 11.2. The largest absolute Gasteiger partial charge is 0.478 e. The van der Waals surface area contributed by atoms with Crippen LogP contribution in [0.1, 0.15) is 37.0 Å². The number of hydrogen-bond acceptors (Lipinski definition) is 3. The van der Waals surface area contributed by atoms with Crippen LogP contribution in [-0.2, 0) is 0 Å². The van der Waals surface area contributed by atoms with Gasteiger partial charge in [-0.15, -0.1) is 0 Å². The summed E-state index contributed by atoms with van der Waals surface area (Å²) in [6, 6.07) is 9.00. The van der Waals surface area contributed by atoms with Crippen LogP contribution in [0.4, 0.5) is 5.82 Å². The minimum absolute atomic E-state index is 0.305. The first-order chi connectivity index (χ1) is 9.67. The van der Waals surface area contributed by atoms with Crippen LogP contribution in [0.3, 0.4) is 0 Å². The van der Waals surface area contributed by atoms with Crippen molar-refractivity contribution in [3.05, 3.63) is 35.9 Å². The van der Waals surface area contributed by atoms with Crippen LogP contribution in [0.15, 0.2) is 30.3 Å². The van der Waals surface area contributed by atoms with Crippen LogP contribution in [0.25, 0.3) is 10.9 Å². The second-order valence-corrected chi connectivity index (χ2v) is 4.83. The molecule has 0 bridgehead atoms. The Morgan fingerprint density at radius 3 is 2.45 bits per heavy atom. The highest BCUT2D eigenvalue weighted by Gasteiger charge is 2.11. The van der Waals surface area contributed by atoms with E-state index in [4.69, 9.17) is 0 Å². The molecule has 2 rings (SSSR count). The Morgan fingerprint density at radius 2 is 1.85 bits per heavy atom. The summed E-state index contributed by atoms with van der Waals surface area (Å²) in [5.74, 6) is 0.00728. The van der Waals surface area contributed by atoms with Gasteiger partial charge in [0.05, 0.1) is 11.1 Å². The maximum atomic E-state index is 11.2. The highest BCUT2D eigenvalue weighted by Crippen LogP contribution is 2.21. The van der Waals surface area contributed by atoms with Crippen molar-refractivity contribution in [1.82, 2.24) is 4.98 Å². The van der Waals surface area contributed by atoms with E-state index in [1.54, 1.807) is 12.1 Å². The summed E-state index contributed by atoms with van der Waals surface area (Å²) in [5, 5.41) is 9.88. The molecule has 0 amide bonds. The van der Waals surface area contributed by atoms with Crippen molar-refractivity contribution in [2.75, 3.05) is 18.0 Å². The molecular weight excluding hydrogens is 252 g/mol. The highest BCUT2D eigenvalue weighted by molar-refractivity contribution is 6.02. The number of fused-ring (bicyclic) bond motifs is 1. The molecule has 0 aliphatic carbocycles. The lowest BCUT2D eigenvalue weighted by Gasteiger charge is -2.22. The average molecular weight is 272 g/mol. The molecule has 0 aliphatic heterocycles. The molecule has 20 heavy (non-hydrogen) atoms. The summed E-state index contributed by atoms with van der Waals surface area (Å²) in [5.41, 5.74) is 1.04. The van der Waals surface area contributed by atoms with Crippen LogP contribution < -0.4 is 4.90 Å². The van der Waals surface area contributed by atoms with E-state index in [1.807, 2.05) is 18.2 Å². The van der Waals surface area contributed by atoms with Crippen molar-refractivity contribution in [1.29, 1.82) is 0 Å². The first-order valence-electron chi connectivity index (χ1n) is 7.05. The molecule has 0 atom stereocenters. The SMILES string of the molecule is CCCN(CCC)c1ccc2c(C(=O)O)cccc2n1. The first kappa shape index (κ1) is 14.3. The van der Waals surface area contributed by atoms with Crippen molar-refractivity contribution < 1.29 is 9.90 Å². The maximum Gasteiger partial charge on any atom is 0.336 e. The van der Waals surface area contributed by atoms with Crippen molar-refractivity contribution in [3.63, 3.8) is 0 Å². The number of aromatic nitrogens is 1. The van der Waals surface area contributed by atoms with E-state index in [0.717, 1.165) is 37.3 Å². The third-order valence-electron chi connectivity index (χ3n) is 3.26. The minimum atomic E-state index is -0.913. The summed E-state index contributed by atoms with van der Waals surface area (Å²) in [6.07, 6.45) is 2.13. The molecule has 1 aromatic carbocycles. The Morgan fingerprint density at radius 1 is 1.15 bits per heavy atom. The molecule has 0 unspecified atom stereocenters. The third kappa shape index (κ3) is 2.90. The predicted octanol–water partition coefficient (Wildman–Crippen LogP) is 3.56. The lowest BCUT2D eigenvalue weighted by molar-refractivity contribution is 0.0699. The normalized spacial score (nSPS) is 10.7. The molecule has 1 N–H and O–H groups in total. The van der Waals surface area contributed by atoms with Crippen molar-refractivity contribution in [3.8, 4) is 0 Å². The zero-order chi connectivity index (χ0) is 14.5. The van der Waals surface area contributed by atoms with Crippen LogP contribution in [-0.4, -0.2) is 29.1 Å². The van der Waals surface area contributed by atoms with Gasteiger partial charge in [-0.2, -0.15) is 0 Å². The standard InChI is InChI=1S/C16H20N2O2/c1-3-10-18(11-4-2)15-9-8-12-13(16(19)20)6-5-7-14(12)17-15/h5-9H,3-4,10-11H2,1-2H3,(H,19,20). The molecule has 1 heterocycles. The zero-order valence-corrected chi connectivity index (χ0v) is 12.0. The molecule has 4 nitrogen and oxygen atoms in total. The number of anilines is 1. The van der Waals surface area contributed by atoms with Crippen LogP contribution >= 0.6 is 0 Å². The number of carboxylic acids is 1. The number of pyridine rings is 1. The van der Waals surface area contributed by atoms with Crippen molar-refractivity contribution in [2.24, 2.45) is 0 Å². The molecule has 0 saturated heterocycles. The third-order valence-corrected chi connectivity index (χ3v) is 3.26. The molecule has 0 spiro atoms. The fourth-order valence-electron chi connectivity index (χ4n) is 2.39. The van der Waals surface area contributed by atoms with Gasteiger partial charge in [0.1, 0.15) is 5.82 Å². The van der Waals surface area contributed by atoms with Gasteiger partial charge in [0.2, 0.25) is 0 Å². The van der Waals surface area contributed by atoms with Gasteiger partial charge < -0.3 is 10.0 Å². The summed E-state index contributed by atoms with van der Waals surface area (Å²) in [4.78, 5) is 18.1. The smallest absolute Gasteiger partial charge is 0.336 e. The van der Waals surface area contributed by atoms with E-state index in [1.165, 1.54) is 0 Å². The van der Waals surface area contributed by atoms with Crippen molar-refractivity contribution in [2.45, 2.75) is 26.7 Å². The fraction of sp³-hybridized carbons (Fsp3) is 0.375.